The molecule has 0 aliphatic heterocycles. The van der Waals surface area contributed by atoms with Crippen LogP contribution in [0.4, 0.5) is 0 Å². The van der Waals surface area contributed by atoms with Crippen LogP contribution in [0.3, 0.4) is 0 Å². The highest BCUT2D eigenvalue weighted by molar-refractivity contribution is 4.71. The Labute approximate surface area is 102 Å². The first-order valence-corrected chi connectivity index (χ1v) is 7.18. The summed E-state index contributed by atoms with van der Waals surface area (Å²) in [5.41, 5.74) is 0. The van der Waals surface area contributed by atoms with Gasteiger partial charge in [-0.05, 0) is 38.6 Å². The van der Waals surface area contributed by atoms with Crippen molar-refractivity contribution in [2.45, 2.75) is 58.4 Å². The van der Waals surface area contributed by atoms with E-state index in [1.807, 2.05) is 0 Å². The zero-order valence-electron chi connectivity index (χ0n) is 11.5. The van der Waals surface area contributed by atoms with Crippen molar-refractivity contribution >= 4 is 0 Å². The molecule has 0 heterocycles. The summed E-state index contributed by atoms with van der Waals surface area (Å²) in [7, 11) is 2.27. The standard InChI is InChI=1S/C14H30N2/c1-4-14(5-2)15-10-11-16(3)12-13-8-6-7-9-13/h13-15H,4-12H2,1-3H3. The smallest absolute Gasteiger partial charge is 0.0104 e. The summed E-state index contributed by atoms with van der Waals surface area (Å²) in [4.78, 5) is 2.51. The van der Waals surface area contributed by atoms with Crippen molar-refractivity contribution in [3.05, 3.63) is 0 Å². The van der Waals surface area contributed by atoms with Gasteiger partial charge in [0.1, 0.15) is 0 Å². The second-order valence-corrected chi connectivity index (χ2v) is 5.38. The molecule has 16 heavy (non-hydrogen) atoms. The largest absolute Gasteiger partial charge is 0.313 e. The first kappa shape index (κ1) is 14.0. The molecule has 2 heteroatoms. The maximum atomic E-state index is 3.63. The summed E-state index contributed by atoms with van der Waals surface area (Å²) in [5.74, 6) is 0.984. The van der Waals surface area contributed by atoms with Gasteiger partial charge in [0.15, 0.2) is 0 Å². The quantitative estimate of drug-likeness (QED) is 0.684. The van der Waals surface area contributed by atoms with Gasteiger partial charge in [-0.15, -0.1) is 0 Å². The Morgan fingerprint density at radius 3 is 2.38 bits per heavy atom. The first-order chi connectivity index (χ1) is 7.76. The van der Waals surface area contributed by atoms with Gasteiger partial charge in [-0.1, -0.05) is 26.7 Å². The van der Waals surface area contributed by atoms with Crippen molar-refractivity contribution in [2.24, 2.45) is 5.92 Å². The fraction of sp³-hybridized carbons (Fsp3) is 1.00. The van der Waals surface area contributed by atoms with E-state index in [4.69, 9.17) is 0 Å². The second-order valence-electron chi connectivity index (χ2n) is 5.38. The zero-order valence-corrected chi connectivity index (χ0v) is 11.5. The van der Waals surface area contributed by atoms with Gasteiger partial charge in [0.05, 0.1) is 0 Å². The predicted octanol–water partition coefficient (Wildman–Crippen LogP) is 2.89. The average Bonchev–Trinajstić information content (AvgIpc) is 2.77. The van der Waals surface area contributed by atoms with Gasteiger partial charge >= 0.3 is 0 Å². The van der Waals surface area contributed by atoms with Gasteiger partial charge in [-0.3, -0.25) is 0 Å². The van der Waals surface area contributed by atoms with Crippen LogP contribution in [0.2, 0.25) is 0 Å². The van der Waals surface area contributed by atoms with Crippen LogP contribution in [0.5, 0.6) is 0 Å². The summed E-state index contributed by atoms with van der Waals surface area (Å²) < 4.78 is 0. The minimum absolute atomic E-state index is 0.722. The third kappa shape index (κ3) is 5.31. The molecule has 0 aromatic heterocycles. The van der Waals surface area contributed by atoms with Crippen LogP contribution in [0.15, 0.2) is 0 Å². The first-order valence-electron chi connectivity index (χ1n) is 7.18. The van der Waals surface area contributed by atoms with Crippen LogP contribution >= 0.6 is 0 Å². The Kier molecular flexibility index (Phi) is 7.06. The van der Waals surface area contributed by atoms with Gasteiger partial charge in [-0.2, -0.15) is 0 Å². The van der Waals surface area contributed by atoms with Gasteiger partial charge < -0.3 is 10.2 Å². The molecule has 0 aromatic carbocycles. The van der Waals surface area contributed by atoms with Crippen LogP contribution in [0.25, 0.3) is 0 Å². The Bertz CT molecular complexity index is 160. The van der Waals surface area contributed by atoms with E-state index < -0.39 is 0 Å². The van der Waals surface area contributed by atoms with Gasteiger partial charge in [0, 0.05) is 25.7 Å². The average molecular weight is 226 g/mol. The lowest BCUT2D eigenvalue weighted by molar-refractivity contribution is 0.272. The summed E-state index contributed by atoms with van der Waals surface area (Å²) in [5, 5.41) is 3.63. The number of likely N-dealkylation sites (N-methyl/N-ethyl adjacent to an activating group) is 1. The van der Waals surface area contributed by atoms with Crippen molar-refractivity contribution in [2.75, 3.05) is 26.7 Å². The van der Waals surface area contributed by atoms with E-state index >= 15 is 0 Å². The lowest BCUT2D eigenvalue weighted by atomic mass is 10.1. The number of hydrogen-bond donors (Lipinski definition) is 1. The van der Waals surface area contributed by atoms with Crippen molar-refractivity contribution in [1.82, 2.24) is 10.2 Å². The molecule has 96 valence electrons. The van der Waals surface area contributed by atoms with Crippen molar-refractivity contribution in [1.29, 1.82) is 0 Å². The Morgan fingerprint density at radius 1 is 1.19 bits per heavy atom. The number of nitrogens with zero attached hydrogens (tertiary/aromatic N) is 1. The third-order valence-electron chi connectivity index (χ3n) is 3.96. The molecule has 1 aliphatic rings. The molecule has 0 atom stereocenters. The van der Waals surface area contributed by atoms with Crippen LogP contribution in [-0.2, 0) is 0 Å². The van der Waals surface area contributed by atoms with Crippen molar-refractivity contribution in [3.63, 3.8) is 0 Å². The monoisotopic (exact) mass is 226 g/mol. The van der Waals surface area contributed by atoms with Crippen LogP contribution in [0.1, 0.15) is 52.4 Å². The zero-order chi connectivity index (χ0) is 11.8. The highest BCUT2D eigenvalue weighted by Gasteiger charge is 2.16. The van der Waals surface area contributed by atoms with E-state index in [2.05, 4.69) is 31.1 Å². The molecule has 0 radical (unpaired) electrons. The molecule has 0 bridgehead atoms. The molecular formula is C14H30N2. The van der Waals surface area contributed by atoms with E-state index in [1.165, 1.54) is 51.6 Å². The fourth-order valence-electron chi connectivity index (χ4n) is 2.76. The molecule has 0 unspecified atom stereocenters. The SMILES string of the molecule is CCC(CC)NCCN(C)CC1CCCC1. The van der Waals surface area contributed by atoms with E-state index in [-0.39, 0.29) is 0 Å². The Balaban J connectivity index is 2.02. The number of rotatable bonds is 8. The normalized spacial score (nSPS) is 17.8. The van der Waals surface area contributed by atoms with Gasteiger partial charge in [-0.25, -0.2) is 0 Å². The molecular weight excluding hydrogens is 196 g/mol. The molecule has 1 fully saturated rings. The van der Waals surface area contributed by atoms with E-state index in [0.29, 0.717) is 0 Å². The van der Waals surface area contributed by atoms with Crippen LogP contribution < -0.4 is 5.32 Å². The van der Waals surface area contributed by atoms with Crippen molar-refractivity contribution < 1.29 is 0 Å². The van der Waals surface area contributed by atoms with Crippen LogP contribution in [0, 0.1) is 5.92 Å². The topological polar surface area (TPSA) is 15.3 Å². The van der Waals surface area contributed by atoms with Crippen molar-refractivity contribution in [3.8, 4) is 0 Å². The lowest BCUT2D eigenvalue weighted by Crippen LogP contribution is -2.36. The molecule has 0 amide bonds. The summed E-state index contributed by atoms with van der Waals surface area (Å²) in [6, 6.07) is 0.722. The molecule has 1 rings (SSSR count). The molecule has 0 aromatic rings. The van der Waals surface area contributed by atoms with Gasteiger partial charge in [0.2, 0.25) is 0 Å². The fourth-order valence-corrected chi connectivity index (χ4v) is 2.76. The van der Waals surface area contributed by atoms with E-state index in [1.54, 1.807) is 0 Å². The molecule has 1 saturated carbocycles. The minimum Gasteiger partial charge on any atom is -0.313 e. The predicted molar refractivity (Wildman–Crippen MR) is 71.8 cm³/mol. The van der Waals surface area contributed by atoms with E-state index in [0.717, 1.165) is 18.5 Å². The minimum atomic E-state index is 0.722. The number of hydrogen-bond acceptors (Lipinski definition) is 2. The maximum absolute atomic E-state index is 3.63. The number of nitrogens with one attached hydrogen (secondary N) is 1. The Morgan fingerprint density at radius 2 is 1.81 bits per heavy atom. The summed E-state index contributed by atoms with van der Waals surface area (Å²) >= 11 is 0. The van der Waals surface area contributed by atoms with E-state index in [9.17, 15) is 0 Å². The highest BCUT2D eigenvalue weighted by atomic mass is 15.1. The molecule has 1 N–H and O–H groups in total. The highest BCUT2D eigenvalue weighted by Crippen LogP contribution is 2.24. The van der Waals surface area contributed by atoms with Crippen LogP contribution in [-0.4, -0.2) is 37.6 Å². The maximum Gasteiger partial charge on any atom is 0.0104 e. The Hall–Kier alpha value is -0.0800. The second kappa shape index (κ2) is 8.08. The molecule has 0 spiro atoms. The summed E-state index contributed by atoms with van der Waals surface area (Å²) in [6.07, 6.45) is 8.36. The summed E-state index contributed by atoms with van der Waals surface area (Å²) in [6.45, 7) is 8.19. The molecule has 0 saturated heterocycles. The third-order valence-corrected chi connectivity index (χ3v) is 3.96. The molecule has 2 nitrogen and oxygen atoms in total. The van der Waals surface area contributed by atoms with Gasteiger partial charge in [0.25, 0.3) is 0 Å². The molecule has 1 aliphatic carbocycles. The lowest BCUT2D eigenvalue weighted by Gasteiger charge is -2.22.